The summed E-state index contributed by atoms with van der Waals surface area (Å²) in [7, 11) is 0. The fourth-order valence-corrected chi connectivity index (χ4v) is 12.8. The van der Waals surface area contributed by atoms with Crippen LogP contribution in [0.1, 0.15) is 100 Å². The molecule has 2 nitrogen and oxygen atoms in total. The molecule has 0 saturated heterocycles. The predicted octanol–water partition coefficient (Wildman–Crippen LogP) is 22.4. The second kappa shape index (κ2) is 22.7. The van der Waals surface area contributed by atoms with Gasteiger partial charge in [0.25, 0.3) is 0 Å². The lowest BCUT2D eigenvalue weighted by Gasteiger charge is -2.34. The van der Waals surface area contributed by atoms with E-state index in [0.29, 0.717) is 0 Å². The Morgan fingerprint density at radius 2 is 0.810 bits per heavy atom. The molecule has 11 aromatic rings. The molecule has 1 aromatic heterocycles. The Morgan fingerprint density at radius 1 is 0.380 bits per heavy atom. The molecule has 0 atom stereocenters. The summed E-state index contributed by atoms with van der Waals surface area (Å²) in [6.45, 7) is 12.7. The van der Waals surface area contributed by atoms with Gasteiger partial charge in [-0.1, -0.05) is 254 Å². The molecule has 388 valence electrons. The third-order valence-corrected chi connectivity index (χ3v) is 16.9. The molecule has 79 heavy (non-hydrogen) atoms. The van der Waals surface area contributed by atoms with Crippen LogP contribution in [0, 0.1) is 0 Å². The van der Waals surface area contributed by atoms with Gasteiger partial charge in [-0.2, -0.15) is 0 Å². The Kier molecular flexibility index (Phi) is 14.7. The van der Waals surface area contributed by atoms with Gasteiger partial charge in [0.05, 0.1) is 16.7 Å². The molecule has 0 saturated carbocycles. The zero-order valence-corrected chi connectivity index (χ0v) is 46.0. The van der Waals surface area contributed by atoms with Crippen LogP contribution in [0.3, 0.4) is 0 Å². The van der Waals surface area contributed by atoms with E-state index in [0.717, 1.165) is 35.3 Å². The first-order valence-corrected chi connectivity index (χ1v) is 28.9. The maximum Gasteiger partial charge on any atom is 0.0543 e. The van der Waals surface area contributed by atoms with Crippen molar-refractivity contribution in [1.82, 2.24) is 4.57 Å². The summed E-state index contributed by atoms with van der Waals surface area (Å²) in [5.74, 6) is 0. The van der Waals surface area contributed by atoms with Crippen LogP contribution in [0.2, 0.25) is 0 Å². The number of unbranched alkanes of at least 4 members (excludes halogenated alkanes) is 6. The van der Waals surface area contributed by atoms with E-state index < -0.39 is 0 Å². The lowest BCUT2D eigenvalue weighted by molar-refractivity contribution is 0.401. The molecule has 0 amide bonds. The van der Waals surface area contributed by atoms with E-state index >= 15 is 0 Å². The maximum atomic E-state index is 4.02. The SMILES string of the molecule is C=Cc1ccc(-c2ccc3c(c2)c2cc(-c4ccc(C=C)cc4)ccc2n3-c2cccc3c2-c2ccc(N(c4ccc(-c5ccccc5)cc4)c4ccc(-c5ccccc5)cc4)cc2C3(CCCCCC)CCCCCC)cc1. The van der Waals surface area contributed by atoms with Crippen molar-refractivity contribution in [2.45, 2.75) is 83.5 Å². The van der Waals surface area contributed by atoms with Gasteiger partial charge < -0.3 is 9.47 Å². The first kappa shape index (κ1) is 51.1. The van der Waals surface area contributed by atoms with E-state index in [-0.39, 0.29) is 5.41 Å². The molecule has 0 radical (unpaired) electrons. The fourth-order valence-electron chi connectivity index (χ4n) is 12.8. The van der Waals surface area contributed by atoms with Crippen LogP contribution >= 0.6 is 0 Å². The molecule has 2 heteroatoms. The van der Waals surface area contributed by atoms with E-state index in [1.54, 1.807) is 0 Å². The predicted molar refractivity (Wildman–Crippen MR) is 341 cm³/mol. The Morgan fingerprint density at radius 3 is 1.28 bits per heavy atom. The summed E-state index contributed by atoms with van der Waals surface area (Å²) in [6, 6.07) is 86.4. The minimum absolute atomic E-state index is 0.174. The van der Waals surface area contributed by atoms with Crippen molar-refractivity contribution in [1.29, 1.82) is 0 Å². The number of aromatic nitrogens is 1. The Bertz CT molecular complexity index is 3710. The zero-order chi connectivity index (χ0) is 53.7. The molecule has 0 spiro atoms. The van der Waals surface area contributed by atoms with Crippen LogP contribution < -0.4 is 4.90 Å². The molecule has 0 fully saturated rings. The highest BCUT2D eigenvalue weighted by molar-refractivity contribution is 6.12. The van der Waals surface area contributed by atoms with Gasteiger partial charge in [0, 0.05) is 38.8 Å². The van der Waals surface area contributed by atoms with Gasteiger partial charge in [0.2, 0.25) is 0 Å². The van der Waals surface area contributed by atoms with Gasteiger partial charge in [0.15, 0.2) is 0 Å². The number of rotatable bonds is 20. The lowest BCUT2D eigenvalue weighted by atomic mass is 9.70. The smallest absolute Gasteiger partial charge is 0.0543 e. The van der Waals surface area contributed by atoms with Gasteiger partial charge in [0.1, 0.15) is 0 Å². The summed E-state index contributed by atoms with van der Waals surface area (Å²) < 4.78 is 2.59. The van der Waals surface area contributed by atoms with E-state index in [1.165, 1.54) is 151 Å². The molecule has 1 heterocycles. The number of benzene rings is 10. The van der Waals surface area contributed by atoms with Crippen molar-refractivity contribution in [2.24, 2.45) is 0 Å². The van der Waals surface area contributed by atoms with Crippen LogP contribution in [-0.2, 0) is 5.41 Å². The van der Waals surface area contributed by atoms with Crippen molar-refractivity contribution < 1.29 is 0 Å². The Hall–Kier alpha value is -8.72. The van der Waals surface area contributed by atoms with Gasteiger partial charge in [-0.25, -0.2) is 0 Å². The quantitative estimate of drug-likeness (QED) is 0.0691. The average molecular weight is 1020 g/mol. The molecule has 1 aliphatic rings. The van der Waals surface area contributed by atoms with Gasteiger partial charge in [-0.15, -0.1) is 0 Å². The van der Waals surface area contributed by atoms with Crippen molar-refractivity contribution in [3.8, 4) is 61.3 Å². The molecular formula is C77H70N2. The van der Waals surface area contributed by atoms with Crippen LogP contribution in [0.25, 0.3) is 95.3 Å². The average Bonchev–Trinajstić information content (AvgIpc) is 3.99. The first-order chi connectivity index (χ1) is 39.0. The largest absolute Gasteiger partial charge is 0.310 e. The first-order valence-electron chi connectivity index (χ1n) is 28.9. The Labute approximate surface area is 468 Å². The van der Waals surface area contributed by atoms with Gasteiger partial charge in [-0.05, 0) is 152 Å². The minimum Gasteiger partial charge on any atom is -0.310 e. The molecule has 0 N–H and O–H groups in total. The third kappa shape index (κ3) is 9.87. The summed E-state index contributed by atoms with van der Waals surface area (Å²) in [4.78, 5) is 2.49. The molecule has 0 aliphatic heterocycles. The van der Waals surface area contributed by atoms with E-state index in [4.69, 9.17) is 0 Å². The molecule has 0 bridgehead atoms. The fraction of sp³-hybridized carbons (Fsp3) is 0.169. The molecule has 10 aromatic carbocycles. The monoisotopic (exact) mass is 1020 g/mol. The normalized spacial score (nSPS) is 12.4. The topological polar surface area (TPSA) is 8.17 Å². The molecule has 12 rings (SSSR count). The molecule has 0 unspecified atom stereocenters. The van der Waals surface area contributed by atoms with Crippen molar-refractivity contribution in [3.63, 3.8) is 0 Å². The van der Waals surface area contributed by atoms with Gasteiger partial charge in [-0.3, -0.25) is 0 Å². The highest BCUT2D eigenvalue weighted by atomic mass is 15.1. The van der Waals surface area contributed by atoms with Crippen molar-refractivity contribution in [3.05, 3.63) is 266 Å². The molecular weight excluding hydrogens is 953 g/mol. The van der Waals surface area contributed by atoms with Gasteiger partial charge >= 0.3 is 0 Å². The number of fused-ring (bicyclic) bond motifs is 6. The Balaban J connectivity index is 1.07. The zero-order valence-electron chi connectivity index (χ0n) is 46.0. The molecule has 1 aliphatic carbocycles. The van der Waals surface area contributed by atoms with Crippen LogP contribution in [0.5, 0.6) is 0 Å². The summed E-state index contributed by atoms with van der Waals surface area (Å²) in [6.07, 6.45) is 15.8. The van der Waals surface area contributed by atoms with E-state index in [2.05, 4.69) is 267 Å². The highest BCUT2D eigenvalue weighted by Crippen LogP contribution is 2.58. The van der Waals surface area contributed by atoms with Crippen LogP contribution in [0.4, 0.5) is 17.1 Å². The lowest BCUT2D eigenvalue weighted by Crippen LogP contribution is -2.26. The van der Waals surface area contributed by atoms with Crippen LogP contribution in [-0.4, -0.2) is 4.57 Å². The summed E-state index contributed by atoms with van der Waals surface area (Å²) >= 11 is 0. The number of nitrogens with zero attached hydrogens (tertiary/aromatic N) is 2. The standard InChI is InChI=1S/C77H70N2/c1-5-9-11-19-50-77(51-20-12-10-6-2)71-26-21-27-75(79-73-48-40-63(61-32-28-55(7-3)29-33-61)52-69(73)70-53-64(41-49-74(70)79)62-34-30-56(8-4)31-35-62)76(71)68-47-46-67(54-72(68)77)78(65-42-36-59(37-43-65)57-22-15-13-16-23-57)66-44-38-60(39-45-66)58-24-17-14-18-25-58/h7-8,13-18,21-49,52-54H,3-6,9-12,19-20,50-51H2,1-2H3. The van der Waals surface area contributed by atoms with E-state index in [1.807, 2.05) is 12.2 Å². The van der Waals surface area contributed by atoms with E-state index in [9.17, 15) is 0 Å². The highest BCUT2D eigenvalue weighted by Gasteiger charge is 2.44. The number of anilines is 3. The second-order valence-corrected chi connectivity index (χ2v) is 21.7. The van der Waals surface area contributed by atoms with Crippen molar-refractivity contribution in [2.75, 3.05) is 4.90 Å². The second-order valence-electron chi connectivity index (χ2n) is 21.7. The number of hydrogen-bond acceptors (Lipinski definition) is 1. The minimum atomic E-state index is -0.174. The maximum absolute atomic E-state index is 4.02. The van der Waals surface area contributed by atoms with Crippen molar-refractivity contribution >= 4 is 51.0 Å². The summed E-state index contributed by atoms with van der Waals surface area (Å²) in [5, 5.41) is 2.49. The van der Waals surface area contributed by atoms with Crippen LogP contribution in [0.15, 0.2) is 244 Å². The number of hydrogen-bond donors (Lipinski definition) is 0. The third-order valence-electron chi connectivity index (χ3n) is 16.9. The summed E-state index contributed by atoms with van der Waals surface area (Å²) in [5.41, 5.74) is 24.5.